The molecule has 0 amide bonds. The van der Waals surface area contributed by atoms with Gasteiger partial charge in [0.2, 0.25) is 0 Å². The van der Waals surface area contributed by atoms with E-state index in [9.17, 15) is 4.79 Å². The van der Waals surface area contributed by atoms with Gasteiger partial charge in [0, 0.05) is 6.20 Å². The second-order valence-electron chi connectivity index (χ2n) is 6.39. The molecular weight excluding hydrogens is 366 g/mol. The van der Waals surface area contributed by atoms with Gasteiger partial charge in [-0.2, -0.15) is 0 Å². The molecule has 2 heterocycles. The summed E-state index contributed by atoms with van der Waals surface area (Å²) in [5, 5.41) is 0.634. The van der Waals surface area contributed by atoms with Crippen LogP contribution in [0.3, 0.4) is 0 Å². The van der Waals surface area contributed by atoms with Gasteiger partial charge in [-0.3, -0.25) is 4.98 Å². The average Bonchev–Trinajstić information content (AvgIpc) is 2.78. The van der Waals surface area contributed by atoms with Gasteiger partial charge < -0.3 is 15.2 Å². The van der Waals surface area contributed by atoms with Crippen molar-refractivity contribution in [3.05, 3.63) is 84.2 Å². The highest BCUT2D eigenvalue weighted by atomic mass is 16.5. The molecule has 4 aromatic rings. The molecule has 0 atom stereocenters. The molecule has 2 N–H and O–H groups in total. The molecule has 2 aromatic carbocycles. The number of hydrogen-bond donors (Lipinski definition) is 1. The maximum Gasteiger partial charge on any atom is 0.360 e. The minimum atomic E-state index is -0.631. The fourth-order valence-corrected chi connectivity index (χ4v) is 3.19. The molecular formula is C23H19N3O3. The van der Waals surface area contributed by atoms with Gasteiger partial charge in [0.15, 0.2) is 11.4 Å². The van der Waals surface area contributed by atoms with Crippen LogP contribution in [0.15, 0.2) is 72.9 Å². The van der Waals surface area contributed by atoms with Gasteiger partial charge >= 0.3 is 5.97 Å². The first-order valence-electron chi connectivity index (χ1n) is 9.07. The second-order valence-corrected chi connectivity index (χ2v) is 6.39. The van der Waals surface area contributed by atoms with E-state index in [2.05, 4.69) is 9.97 Å². The summed E-state index contributed by atoms with van der Waals surface area (Å²) in [5.41, 5.74) is 9.50. The molecule has 6 heteroatoms. The van der Waals surface area contributed by atoms with Crippen molar-refractivity contribution in [2.45, 2.75) is 6.61 Å². The number of nitrogens with zero attached hydrogens (tertiary/aromatic N) is 2. The molecule has 2 aromatic heterocycles. The van der Waals surface area contributed by atoms with Crippen molar-refractivity contribution < 1.29 is 14.3 Å². The van der Waals surface area contributed by atoms with E-state index >= 15 is 0 Å². The van der Waals surface area contributed by atoms with Crippen molar-refractivity contribution in [3.8, 4) is 16.9 Å². The van der Waals surface area contributed by atoms with E-state index in [0.717, 1.165) is 16.7 Å². The Morgan fingerprint density at radius 2 is 1.69 bits per heavy atom. The van der Waals surface area contributed by atoms with Crippen molar-refractivity contribution in [2.24, 2.45) is 0 Å². The summed E-state index contributed by atoms with van der Waals surface area (Å²) < 4.78 is 10.9. The van der Waals surface area contributed by atoms with Crippen LogP contribution in [0, 0.1) is 0 Å². The first-order chi connectivity index (χ1) is 14.2. The third kappa shape index (κ3) is 3.60. The normalized spacial score (nSPS) is 10.7. The lowest BCUT2D eigenvalue weighted by Gasteiger charge is -2.15. The Labute approximate surface area is 167 Å². The molecule has 4 rings (SSSR count). The van der Waals surface area contributed by atoms with Crippen molar-refractivity contribution in [3.63, 3.8) is 0 Å². The van der Waals surface area contributed by atoms with Gasteiger partial charge in [-0.15, -0.1) is 0 Å². The molecule has 0 saturated carbocycles. The minimum Gasteiger partial charge on any atom is -0.484 e. The van der Waals surface area contributed by atoms with Crippen molar-refractivity contribution in [1.29, 1.82) is 0 Å². The molecule has 0 aliphatic rings. The zero-order chi connectivity index (χ0) is 20.2. The summed E-state index contributed by atoms with van der Waals surface area (Å²) in [6.45, 7) is 0.253. The number of nitrogens with two attached hydrogens (primary N) is 1. The van der Waals surface area contributed by atoms with E-state index in [4.69, 9.17) is 15.2 Å². The molecule has 0 spiro atoms. The molecule has 6 nitrogen and oxygen atoms in total. The molecule has 144 valence electrons. The molecule has 0 saturated heterocycles. The van der Waals surface area contributed by atoms with Crippen LogP contribution in [0.2, 0.25) is 0 Å². The van der Waals surface area contributed by atoms with Crippen LogP contribution < -0.4 is 10.5 Å². The highest BCUT2D eigenvalue weighted by Gasteiger charge is 2.23. The predicted molar refractivity (Wildman–Crippen MR) is 111 cm³/mol. The molecule has 0 fully saturated rings. The lowest BCUT2D eigenvalue weighted by atomic mass is 10.0. The number of hydrogen-bond acceptors (Lipinski definition) is 6. The second kappa shape index (κ2) is 7.98. The molecule has 0 aliphatic heterocycles. The first kappa shape index (κ1) is 18.4. The number of esters is 1. The summed E-state index contributed by atoms with van der Waals surface area (Å²) in [4.78, 5) is 21.1. The van der Waals surface area contributed by atoms with Gasteiger partial charge in [0.05, 0.1) is 12.5 Å². The van der Waals surface area contributed by atoms with E-state index < -0.39 is 5.97 Å². The largest absolute Gasteiger partial charge is 0.484 e. The Hall–Kier alpha value is -3.93. The van der Waals surface area contributed by atoms with Crippen LogP contribution in [0.4, 0.5) is 5.82 Å². The summed E-state index contributed by atoms with van der Waals surface area (Å²) in [7, 11) is 1.29. The molecule has 29 heavy (non-hydrogen) atoms. The van der Waals surface area contributed by atoms with E-state index in [1.165, 1.54) is 7.11 Å². The van der Waals surface area contributed by atoms with Gasteiger partial charge in [-0.25, -0.2) is 9.78 Å². The number of ether oxygens (including phenoxy) is 2. The number of methoxy groups -OCH3 is 1. The Kier molecular flexibility index (Phi) is 5.07. The monoisotopic (exact) mass is 385 g/mol. The molecule has 0 aliphatic carbocycles. The number of aromatic nitrogens is 2. The average molecular weight is 385 g/mol. The SMILES string of the molecule is COC(=O)c1nc(N)c2c(-c3ccccc3)ccnc2c1OCc1ccccc1. The lowest BCUT2D eigenvalue weighted by Crippen LogP contribution is -2.11. The molecule has 0 bridgehead atoms. The van der Waals surface area contributed by atoms with E-state index in [1.54, 1.807) is 6.20 Å². The van der Waals surface area contributed by atoms with Gasteiger partial charge in [0.1, 0.15) is 17.9 Å². The van der Waals surface area contributed by atoms with Crippen molar-refractivity contribution in [1.82, 2.24) is 9.97 Å². The summed E-state index contributed by atoms with van der Waals surface area (Å²) >= 11 is 0. The summed E-state index contributed by atoms with van der Waals surface area (Å²) in [6, 6.07) is 21.3. The van der Waals surface area contributed by atoms with Crippen LogP contribution >= 0.6 is 0 Å². The third-order valence-electron chi connectivity index (χ3n) is 4.56. The van der Waals surface area contributed by atoms with Gasteiger partial charge in [-0.05, 0) is 22.8 Å². The fourth-order valence-electron chi connectivity index (χ4n) is 3.19. The Bertz CT molecular complexity index is 1160. The smallest absolute Gasteiger partial charge is 0.360 e. The number of carbonyl (C=O) groups is 1. The van der Waals surface area contributed by atoms with Crippen LogP contribution in [0.25, 0.3) is 22.0 Å². The summed E-state index contributed by atoms with van der Waals surface area (Å²) in [5.74, 6) is -0.185. The number of nitrogen functional groups attached to an aromatic ring is 1. The van der Waals surface area contributed by atoms with Crippen LogP contribution in [-0.4, -0.2) is 23.0 Å². The summed E-state index contributed by atoms with van der Waals surface area (Å²) in [6.07, 6.45) is 1.67. The standard InChI is InChI=1S/C23H19N3O3/c1-28-23(27)20-21(29-14-15-8-4-2-5-9-15)19-18(22(24)26-20)17(12-13-25-19)16-10-6-3-7-11-16/h2-13H,14H2,1H3,(H2,24,26). The predicted octanol–water partition coefficient (Wildman–Crippen LogP) is 4.24. The third-order valence-corrected chi connectivity index (χ3v) is 4.56. The first-order valence-corrected chi connectivity index (χ1v) is 9.07. The van der Waals surface area contributed by atoms with Crippen LogP contribution in [-0.2, 0) is 11.3 Å². The van der Waals surface area contributed by atoms with Crippen molar-refractivity contribution >= 4 is 22.7 Å². The fraction of sp³-hybridized carbons (Fsp3) is 0.0870. The number of pyridine rings is 2. The number of benzene rings is 2. The van der Waals surface area contributed by atoms with E-state index in [0.29, 0.717) is 10.9 Å². The Morgan fingerprint density at radius 1 is 1.00 bits per heavy atom. The van der Waals surface area contributed by atoms with Gasteiger partial charge in [0.25, 0.3) is 0 Å². The van der Waals surface area contributed by atoms with Gasteiger partial charge in [-0.1, -0.05) is 60.7 Å². The van der Waals surface area contributed by atoms with E-state index in [1.807, 2.05) is 66.7 Å². The number of anilines is 1. The zero-order valence-corrected chi connectivity index (χ0v) is 15.8. The lowest BCUT2D eigenvalue weighted by molar-refractivity contribution is 0.0589. The molecule has 0 unspecified atom stereocenters. The van der Waals surface area contributed by atoms with E-state index in [-0.39, 0.29) is 23.9 Å². The topological polar surface area (TPSA) is 87.3 Å². The minimum absolute atomic E-state index is 0.00569. The molecule has 0 radical (unpaired) electrons. The number of fused-ring (bicyclic) bond motifs is 1. The number of carbonyl (C=O) groups excluding carboxylic acids is 1. The maximum atomic E-state index is 12.3. The Morgan fingerprint density at radius 3 is 2.38 bits per heavy atom. The quantitative estimate of drug-likeness (QED) is 0.517. The zero-order valence-electron chi connectivity index (χ0n) is 15.8. The van der Waals surface area contributed by atoms with Crippen LogP contribution in [0.1, 0.15) is 16.1 Å². The number of rotatable bonds is 5. The van der Waals surface area contributed by atoms with Crippen LogP contribution in [0.5, 0.6) is 5.75 Å². The Balaban J connectivity index is 1.91. The maximum absolute atomic E-state index is 12.3. The highest BCUT2D eigenvalue weighted by molar-refractivity contribution is 6.07. The van der Waals surface area contributed by atoms with Crippen molar-refractivity contribution in [2.75, 3.05) is 12.8 Å². The highest BCUT2D eigenvalue weighted by Crippen LogP contribution is 2.37.